The molecule has 102 valence electrons. The van der Waals surface area contributed by atoms with Gasteiger partial charge in [0.1, 0.15) is 5.82 Å². The zero-order chi connectivity index (χ0) is 13.7. The van der Waals surface area contributed by atoms with Gasteiger partial charge < -0.3 is 15.0 Å². The van der Waals surface area contributed by atoms with Gasteiger partial charge in [0.2, 0.25) is 0 Å². The van der Waals surface area contributed by atoms with Gasteiger partial charge in [0, 0.05) is 19.2 Å². The third kappa shape index (κ3) is 3.91. The van der Waals surface area contributed by atoms with Gasteiger partial charge in [-0.15, -0.1) is 0 Å². The van der Waals surface area contributed by atoms with E-state index < -0.39 is 0 Å². The van der Waals surface area contributed by atoms with Crippen molar-refractivity contribution in [2.75, 3.05) is 20.3 Å². The van der Waals surface area contributed by atoms with Crippen molar-refractivity contribution in [3.8, 4) is 11.3 Å². The van der Waals surface area contributed by atoms with Crippen molar-refractivity contribution in [3.63, 3.8) is 0 Å². The molecule has 2 N–H and O–H groups in total. The summed E-state index contributed by atoms with van der Waals surface area (Å²) in [5.41, 5.74) is 4.79. The zero-order valence-corrected chi connectivity index (χ0v) is 11.8. The van der Waals surface area contributed by atoms with Gasteiger partial charge in [-0.1, -0.05) is 17.2 Å². The second kappa shape index (κ2) is 6.50. The molecule has 0 aliphatic heterocycles. The predicted molar refractivity (Wildman–Crippen MR) is 77.1 cm³/mol. The Morgan fingerprint density at radius 1 is 1.21 bits per heavy atom. The van der Waals surface area contributed by atoms with Gasteiger partial charge in [-0.25, -0.2) is 4.98 Å². The maximum Gasteiger partial charge on any atom is 0.120 e. The molecule has 0 aliphatic rings. The fraction of sp³-hybridized carbons (Fsp3) is 0.400. The largest absolute Gasteiger partial charge is 0.383 e. The third-order valence-corrected chi connectivity index (χ3v) is 2.94. The first kappa shape index (κ1) is 13.8. The molecule has 2 rings (SSSR count). The van der Waals surface area contributed by atoms with Crippen LogP contribution in [-0.4, -0.2) is 30.2 Å². The highest BCUT2D eigenvalue weighted by Gasteiger charge is 2.04. The fourth-order valence-electron chi connectivity index (χ4n) is 2.11. The van der Waals surface area contributed by atoms with Gasteiger partial charge in [0.15, 0.2) is 0 Å². The molecule has 19 heavy (non-hydrogen) atoms. The lowest BCUT2D eigenvalue weighted by atomic mass is 10.1. The first-order valence-corrected chi connectivity index (χ1v) is 6.51. The number of hydrogen-bond donors (Lipinski definition) is 2. The Hall–Kier alpha value is -1.65. The second-order valence-corrected chi connectivity index (χ2v) is 4.79. The van der Waals surface area contributed by atoms with Crippen LogP contribution in [0.4, 0.5) is 0 Å². The molecule has 0 atom stereocenters. The number of imidazole rings is 1. The minimum atomic E-state index is 0.713. The maximum absolute atomic E-state index is 4.99. The van der Waals surface area contributed by atoms with Crippen LogP contribution in [-0.2, 0) is 11.3 Å². The van der Waals surface area contributed by atoms with Crippen molar-refractivity contribution in [2.45, 2.75) is 20.4 Å². The lowest BCUT2D eigenvalue weighted by Gasteiger charge is -2.03. The van der Waals surface area contributed by atoms with Gasteiger partial charge in [0.05, 0.1) is 25.0 Å². The Labute approximate surface area is 114 Å². The van der Waals surface area contributed by atoms with E-state index in [1.807, 2.05) is 6.20 Å². The van der Waals surface area contributed by atoms with Crippen LogP contribution in [0.2, 0.25) is 0 Å². The molecule has 0 bridgehead atoms. The third-order valence-electron chi connectivity index (χ3n) is 2.94. The van der Waals surface area contributed by atoms with E-state index in [1.54, 1.807) is 7.11 Å². The van der Waals surface area contributed by atoms with Gasteiger partial charge in [0.25, 0.3) is 0 Å². The molecule has 1 heterocycles. The van der Waals surface area contributed by atoms with Crippen molar-refractivity contribution < 1.29 is 4.74 Å². The highest BCUT2D eigenvalue weighted by molar-refractivity contribution is 5.60. The summed E-state index contributed by atoms with van der Waals surface area (Å²) < 4.78 is 4.99. The topological polar surface area (TPSA) is 49.9 Å². The first-order chi connectivity index (χ1) is 9.19. The highest BCUT2D eigenvalue weighted by Crippen LogP contribution is 2.20. The summed E-state index contributed by atoms with van der Waals surface area (Å²) in [6.07, 6.45) is 1.89. The number of benzene rings is 1. The molecule has 0 unspecified atom stereocenters. The van der Waals surface area contributed by atoms with Crippen molar-refractivity contribution in [3.05, 3.63) is 41.3 Å². The number of H-pyrrole nitrogens is 1. The van der Waals surface area contributed by atoms with Gasteiger partial charge >= 0.3 is 0 Å². The number of ether oxygens (including phenoxy) is 1. The molecule has 1 aromatic carbocycles. The smallest absolute Gasteiger partial charge is 0.120 e. The molecule has 1 aromatic heterocycles. The van der Waals surface area contributed by atoms with E-state index >= 15 is 0 Å². The van der Waals surface area contributed by atoms with Gasteiger partial charge in [-0.05, 0) is 26.0 Å². The zero-order valence-electron chi connectivity index (χ0n) is 11.8. The van der Waals surface area contributed by atoms with E-state index in [4.69, 9.17) is 4.74 Å². The Morgan fingerprint density at radius 3 is 2.63 bits per heavy atom. The average Bonchev–Trinajstić information content (AvgIpc) is 2.82. The molecule has 0 amide bonds. The Bertz CT molecular complexity index is 514. The number of methoxy groups -OCH3 is 1. The van der Waals surface area contributed by atoms with E-state index in [1.165, 1.54) is 16.7 Å². The molecule has 0 fully saturated rings. The lowest BCUT2D eigenvalue weighted by molar-refractivity contribution is 0.199. The van der Waals surface area contributed by atoms with Crippen molar-refractivity contribution in [1.82, 2.24) is 15.3 Å². The summed E-state index contributed by atoms with van der Waals surface area (Å²) in [6.45, 7) is 6.50. The van der Waals surface area contributed by atoms with Crippen LogP contribution in [0, 0.1) is 13.8 Å². The summed E-state index contributed by atoms with van der Waals surface area (Å²) >= 11 is 0. The fourth-order valence-corrected chi connectivity index (χ4v) is 2.11. The molecular weight excluding hydrogens is 238 g/mol. The van der Waals surface area contributed by atoms with E-state index in [0.29, 0.717) is 6.61 Å². The van der Waals surface area contributed by atoms with Crippen LogP contribution >= 0.6 is 0 Å². The number of aryl methyl sites for hydroxylation is 2. The Balaban J connectivity index is 2.03. The number of nitrogens with one attached hydrogen (secondary N) is 2. The van der Waals surface area contributed by atoms with Crippen LogP contribution in [0.25, 0.3) is 11.3 Å². The Morgan fingerprint density at radius 2 is 1.95 bits per heavy atom. The molecule has 0 aliphatic carbocycles. The molecule has 0 saturated carbocycles. The van der Waals surface area contributed by atoms with Crippen LogP contribution < -0.4 is 5.32 Å². The molecule has 0 saturated heterocycles. The molecule has 0 spiro atoms. The van der Waals surface area contributed by atoms with Crippen molar-refractivity contribution in [2.24, 2.45) is 0 Å². The van der Waals surface area contributed by atoms with Crippen molar-refractivity contribution >= 4 is 0 Å². The molecule has 4 nitrogen and oxygen atoms in total. The van der Waals surface area contributed by atoms with Gasteiger partial charge in [-0.3, -0.25) is 0 Å². The van der Waals surface area contributed by atoms with Crippen LogP contribution in [0.3, 0.4) is 0 Å². The normalized spacial score (nSPS) is 10.9. The summed E-state index contributed by atoms with van der Waals surface area (Å²) in [5, 5.41) is 3.27. The van der Waals surface area contributed by atoms with Crippen LogP contribution in [0.1, 0.15) is 17.0 Å². The molecule has 2 aromatic rings. The number of aromatic nitrogens is 2. The van der Waals surface area contributed by atoms with Crippen LogP contribution in [0.5, 0.6) is 0 Å². The monoisotopic (exact) mass is 259 g/mol. The maximum atomic E-state index is 4.99. The quantitative estimate of drug-likeness (QED) is 0.783. The Kier molecular flexibility index (Phi) is 4.71. The number of rotatable bonds is 6. The lowest BCUT2D eigenvalue weighted by Crippen LogP contribution is -2.19. The number of nitrogens with zero attached hydrogens (tertiary/aromatic N) is 1. The molecule has 0 radical (unpaired) electrons. The van der Waals surface area contributed by atoms with E-state index in [9.17, 15) is 0 Å². The molecular formula is C15H21N3O. The standard InChI is InChI=1S/C15H21N3O/c1-11-6-12(2)8-13(7-11)14-9-17-15(18-14)10-16-4-5-19-3/h6-9,16H,4-5,10H2,1-3H3,(H,17,18). The van der Waals surface area contributed by atoms with E-state index in [0.717, 1.165) is 24.6 Å². The number of hydrogen-bond acceptors (Lipinski definition) is 3. The van der Waals surface area contributed by atoms with Crippen LogP contribution in [0.15, 0.2) is 24.4 Å². The molecule has 4 heteroatoms. The second-order valence-electron chi connectivity index (χ2n) is 4.79. The summed E-state index contributed by atoms with van der Waals surface area (Å²) in [6, 6.07) is 6.51. The van der Waals surface area contributed by atoms with E-state index in [2.05, 4.69) is 47.3 Å². The minimum Gasteiger partial charge on any atom is -0.383 e. The summed E-state index contributed by atoms with van der Waals surface area (Å²) in [5.74, 6) is 0.949. The summed E-state index contributed by atoms with van der Waals surface area (Å²) in [4.78, 5) is 7.74. The predicted octanol–water partition coefficient (Wildman–Crippen LogP) is 2.43. The minimum absolute atomic E-state index is 0.713. The van der Waals surface area contributed by atoms with Crippen molar-refractivity contribution in [1.29, 1.82) is 0 Å². The highest BCUT2D eigenvalue weighted by atomic mass is 16.5. The number of aromatic amines is 1. The first-order valence-electron chi connectivity index (χ1n) is 6.51. The average molecular weight is 259 g/mol. The van der Waals surface area contributed by atoms with Gasteiger partial charge in [-0.2, -0.15) is 0 Å². The van der Waals surface area contributed by atoms with E-state index in [-0.39, 0.29) is 0 Å². The summed E-state index contributed by atoms with van der Waals surface area (Å²) in [7, 11) is 1.70. The SMILES string of the molecule is COCCNCc1ncc(-c2cc(C)cc(C)c2)[nH]1.